The SMILES string of the molecule is COc1nc(N)nc2c1ncn2[C@@H]1O[C@H](COP(=O)(N[C@@H](C)C(=O)OCc2ccccc2)Oc2ccccc2)[C@@H](O)[C@@]1(C)C#N. The van der Waals surface area contributed by atoms with Gasteiger partial charge in [0.15, 0.2) is 17.4 Å². The molecule has 6 atom stereocenters. The summed E-state index contributed by atoms with van der Waals surface area (Å²) in [6.07, 6.45) is -2.35. The zero-order valence-corrected chi connectivity index (χ0v) is 25.5. The van der Waals surface area contributed by atoms with E-state index in [-0.39, 0.29) is 35.3 Å². The van der Waals surface area contributed by atoms with Crippen molar-refractivity contribution in [3.8, 4) is 17.7 Å². The lowest BCUT2D eigenvalue weighted by atomic mass is 9.84. The van der Waals surface area contributed by atoms with Crippen LogP contribution in [0.2, 0.25) is 0 Å². The van der Waals surface area contributed by atoms with Gasteiger partial charge in [-0.1, -0.05) is 48.5 Å². The van der Waals surface area contributed by atoms with Crippen LogP contribution in [0.4, 0.5) is 5.95 Å². The summed E-state index contributed by atoms with van der Waals surface area (Å²) in [6.45, 7) is 2.47. The lowest BCUT2D eigenvalue weighted by Crippen LogP contribution is -2.39. The van der Waals surface area contributed by atoms with Gasteiger partial charge in [-0.15, -0.1) is 0 Å². The largest absolute Gasteiger partial charge is 0.479 e. The van der Waals surface area contributed by atoms with Crippen molar-refractivity contribution in [2.45, 2.75) is 44.9 Å². The Bertz CT molecular complexity index is 1740. The van der Waals surface area contributed by atoms with Gasteiger partial charge in [0, 0.05) is 0 Å². The maximum absolute atomic E-state index is 14.0. The molecule has 1 aliphatic rings. The van der Waals surface area contributed by atoms with Crippen LogP contribution < -0.4 is 20.1 Å². The first-order valence-electron chi connectivity index (χ1n) is 13.8. The van der Waals surface area contributed by atoms with Crippen LogP contribution in [0, 0.1) is 16.7 Å². The highest BCUT2D eigenvalue weighted by molar-refractivity contribution is 7.52. The summed E-state index contributed by atoms with van der Waals surface area (Å²) < 4.78 is 43.7. The molecule has 236 valence electrons. The van der Waals surface area contributed by atoms with Gasteiger partial charge < -0.3 is 29.6 Å². The molecule has 5 rings (SSSR count). The molecule has 3 heterocycles. The van der Waals surface area contributed by atoms with Crippen molar-refractivity contribution in [1.29, 1.82) is 5.26 Å². The number of methoxy groups -OCH3 is 1. The van der Waals surface area contributed by atoms with Crippen LogP contribution in [0.5, 0.6) is 11.6 Å². The molecule has 1 saturated heterocycles. The normalized spacial score (nSPS) is 23.1. The number of fused-ring (bicyclic) bond motifs is 1. The smallest absolute Gasteiger partial charge is 0.459 e. The number of imidazole rings is 1. The molecule has 2 aromatic heterocycles. The molecule has 1 aliphatic heterocycles. The average Bonchev–Trinajstić information content (AvgIpc) is 3.57. The summed E-state index contributed by atoms with van der Waals surface area (Å²) in [6, 6.07) is 18.3. The van der Waals surface area contributed by atoms with Crippen LogP contribution >= 0.6 is 7.75 Å². The predicted octanol–water partition coefficient (Wildman–Crippen LogP) is 3.13. The quantitative estimate of drug-likeness (QED) is 0.151. The first-order valence-corrected chi connectivity index (χ1v) is 15.4. The number of aromatic nitrogens is 4. The Morgan fingerprint density at radius 1 is 1.22 bits per heavy atom. The zero-order chi connectivity index (χ0) is 32.2. The number of anilines is 1. The third-order valence-electron chi connectivity index (χ3n) is 7.18. The number of aliphatic hydroxyl groups is 1. The number of nitrogens with zero attached hydrogens (tertiary/aromatic N) is 5. The van der Waals surface area contributed by atoms with E-state index < -0.39 is 50.2 Å². The van der Waals surface area contributed by atoms with Crippen molar-refractivity contribution in [3.63, 3.8) is 0 Å². The van der Waals surface area contributed by atoms with E-state index in [4.69, 9.17) is 29.0 Å². The maximum atomic E-state index is 14.0. The van der Waals surface area contributed by atoms with Crippen molar-refractivity contribution in [2.75, 3.05) is 19.5 Å². The predicted molar refractivity (Wildman–Crippen MR) is 159 cm³/mol. The Morgan fingerprint density at radius 3 is 2.58 bits per heavy atom. The average molecular weight is 638 g/mol. The monoisotopic (exact) mass is 637 g/mol. The topological polar surface area (TPSA) is 206 Å². The Morgan fingerprint density at radius 2 is 1.91 bits per heavy atom. The molecule has 0 spiro atoms. The van der Waals surface area contributed by atoms with Crippen molar-refractivity contribution >= 4 is 30.8 Å². The number of nitrogens with two attached hydrogens (primary N) is 1. The number of carbonyl (C=O) groups is 1. The van der Waals surface area contributed by atoms with Gasteiger partial charge in [-0.2, -0.15) is 20.3 Å². The Hall–Kier alpha value is -4.58. The number of rotatable bonds is 12. The second kappa shape index (κ2) is 13.2. The summed E-state index contributed by atoms with van der Waals surface area (Å²) in [5.74, 6) is -0.478. The molecule has 4 aromatic rings. The molecule has 0 bridgehead atoms. The van der Waals surface area contributed by atoms with Gasteiger partial charge in [-0.05, 0) is 31.5 Å². The van der Waals surface area contributed by atoms with Gasteiger partial charge in [0.2, 0.25) is 11.8 Å². The van der Waals surface area contributed by atoms with E-state index in [9.17, 15) is 19.7 Å². The fourth-order valence-corrected chi connectivity index (χ4v) is 6.27. The molecule has 0 radical (unpaired) electrons. The van der Waals surface area contributed by atoms with E-state index in [1.807, 2.05) is 18.2 Å². The first kappa shape index (κ1) is 31.8. The number of nitrogen functional groups attached to an aromatic ring is 1. The van der Waals surface area contributed by atoms with E-state index >= 15 is 0 Å². The molecule has 0 aliphatic carbocycles. The fraction of sp³-hybridized carbons (Fsp3) is 0.345. The lowest BCUT2D eigenvalue weighted by Gasteiger charge is -2.26. The maximum Gasteiger partial charge on any atom is 0.459 e. The number of nitrogens with one attached hydrogen (secondary N) is 1. The summed E-state index contributed by atoms with van der Waals surface area (Å²) in [7, 11) is -2.91. The van der Waals surface area contributed by atoms with Gasteiger partial charge in [0.25, 0.3) is 0 Å². The Balaban J connectivity index is 1.35. The van der Waals surface area contributed by atoms with Crippen LogP contribution in [-0.4, -0.2) is 62.6 Å². The number of para-hydroxylation sites is 1. The van der Waals surface area contributed by atoms with Crippen LogP contribution in [0.1, 0.15) is 25.6 Å². The Labute approximate surface area is 258 Å². The molecule has 0 amide bonds. The van der Waals surface area contributed by atoms with Crippen molar-refractivity contribution in [3.05, 3.63) is 72.6 Å². The van der Waals surface area contributed by atoms with E-state index in [1.165, 1.54) is 31.9 Å². The van der Waals surface area contributed by atoms with Crippen LogP contribution in [-0.2, 0) is 30.0 Å². The lowest BCUT2D eigenvalue weighted by molar-refractivity contribution is -0.146. The van der Waals surface area contributed by atoms with Crippen molar-refractivity contribution in [2.24, 2.45) is 5.41 Å². The second-order valence-electron chi connectivity index (χ2n) is 10.4. The second-order valence-corrected chi connectivity index (χ2v) is 12.1. The number of aliphatic hydroxyl groups excluding tert-OH is 1. The van der Waals surface area contributed by atoms with Gasteiger partial charge in [-0.25, -0.2) is 9.55 Å². The minimum Gasteiger partial charge on any atom is -0.479 e. The molecule has 15 nitrogen and oxygen atoms in total. The number of benzene rings is 2. The summed E-state index contributed by atoms with van der Waals surface area (Å²) in [5.41, 5.74) is 5.56. The number of esters is 1. The number of ether oxygens (including phenoxy) is 3. The number of carbonyl (C=O) groups excluding carboxylic acids is 1. The van der Waals surface area contributed by atoms with Crippen molar-refractivity contribution in [1.82, 2.24) is 24.6 Å². The summed E-state index contributed by atoms with van der Waals surface area (Å²) >= 11 is 0. The molecule has 45 heavy (non-hydrogen) atoms. The number of hydrogen-bond acceptors (Lipinski definition) is 13. The number of hydrogen-bond donors (Lipinski definition) is 3. The molecule has 0 saturated carbocycles. The highest BCUT2D eigenvalue weighted by atomic mass is 31.2. The van der Waals surface area contributed by atoms with E-state index in [0.29, 0.717) is 0 Å². The van der Waals surface area contributed by atoms with Gasteiger partial charge in [-0.3, -0.25) is 13.9 Å². The molecular formula is C29H32N7O8P. The minimum absolute atomic E-state index is 0.0119. The molecule has 1 fully saturated rings. The van der Waals surface area contributed by atoms with E-state index in [2.05, 4.69) is 26.1 Å². The molecule has 1 unspecified atom stereocenters. The molecular weight excluding hydrogens is 605 g/mol. The highest BCUT2D eigenvalue weighted by Crippen LogP contribution is 2.49. The minimum atomic E-state index is -4.31. The molecule has 16 heteroatoms. The standard InChI is InChI=1S/C29H32N7O8P/c1-18(26(38)41-14-19-10-6-4-7-11-19)35-45(39,44-20-12-8-5-9-13-20)42-15-21-23(37)29(2,16-30)27(43-21)36-17-32-22-24(36)33-28(31)34-25(22)40-3/h4-13,17-18,21,23,27,37H,14-15H2,1-3H3,(H,35,39)(H2,31,33,34)/t18-,21+,23+,27+,29+,45?/m0/s1. The molecule has 2 aromatic carbocycles. The summed E-state index contributed by atoms with van der Waals surface area (Å²) in [4.78, 5) is 25.3. The van der Waals surface area contributed by atoms with Gasteiger partial charge in [0.05, 0.1) is 26.1 Å². The van der Waals surface area contributed by atoms with E-state index in [0.717, 1.165) is 5.56 Å². The van der Waals surface area contributed by atoms with Crippen LogP contribution in [0.15, 0.2) is 67.0 Å². The van der Waals surface area contributed by atoms with Gasteiger partial charge in [0.1, 0.15) is 36.0 Å². The summed E-state index contributed by atoms with van der Waals surface area (Å²) in [5, 5.41) is 24.0. The zero-order valence-electron chi connectivity index (χ0n) is 24.6. The van der Waals surface area contributed by atoms with E-state index in [1.54, 1.807) is 42.5 Å². The van der Waals surface area contributed by atoms with Crippen LogP contribution in [0.25, 0.3) is 11.2 Å². The first-order chi connectivity index (χ1) is 21.6. The third kappa shape index (κ3) is 6.75. The number of nitriles is 1. The van der Waals surface area contributed by atoms with Gasteiger partial charge >= 0.3 is 13.7 Å². The highest BCUT2D eigenvalue weighted by Gasteiger charge is 2.56. The molecule has 4 N–H and O–H groups in total. The fourth-order valence-electron chi connectivity index (χ4n) is 4.77. The van der Waals surface area contributed by atoms with Crippen LogP contribution in [0.3, 0.4) is 0 Å². The van der Waals surface area contributed by atoms with Crippen molar-refractivity contribution < 1.29 is 37.7 Å². The third-order valence-corrected chi connectivity index (χ3v) is 8.83. The Kier molecular flexibility index (Phi) is 9.33.